The van der Waals surface area contributed by atoms with Crippen molar-refractivity contribution >= 4 is 11.6 Å². The molecule has 5 heteroatoms. The first kappa shape index (κ1) is 14.8. The summed E-state index contributed by atoms with van der Waals surface area (Å²) in [7, 11) is 0. The minimum Gasteiger partial charge on any atom is -0.508 e. The van der Waals surface area contributed by atoms with Crippen LogP contribution in [0.3, 0.4) is 0 Å². The zero-order chi connectivity index (χ0) is 17.0. The van der Waals surface area contributed by atoms with Gasteiger partial charge in [-0.2, -0.15) is 0 Å². The molecule has 1 saturated heterocycles. The first-order valence-corrected chi connectivity index (χ1v) is 8.69. The van der Waals surface area contributed by atoms with E-state index in [1.807, 2.05) is 35.2 Å². The summed E-state index contributed by atoms with van der Waals surface area (Å²) in [6, 6.07) is 12.9. The van der Waals surface area contributed by atoms with Gasteiger partial charge in [0.05, 0.1) is 12.6 Å². The summed E-state index contributed by atoms with van der Waals surface area (Å²) >= 11 is 0. The van der Waals surface area contributed by atoms with Crippen LogP contribution >= 0.6 is 0 Å². The fraction of sp³-hybridized carbons (Fsp3) is 0.350. The maximum atomic E-state index is 13.5. The third kappa shape index (κ3) is 1.96. The lowest BCUT2D eigenvalue weighted by molar-refractivity contribution is -0.122. The van der Waals surface area contributed by atoms with Gasteiger partial charge in [-0.3, -0.25) is 4.79 Å². The van der Waals surface area contributed by atoms with Crippen molar-refractivity contribution in [2.75, 3.05) is 24.7 Å². The standard InChI is InChI=1S/C20H19NO4/c22-13-7-8-16-18(10-13)25-12-20(16)15-5-1-2-6-17(15)21(19(20)23)11-14-4-3-9-24-14/h1-2,5-8,10,14,22H,3-4,9,11-12H2/t14-,20?/m1/s1. The van der Waals surface area contributed by atoms with Crippen LogP contribution in [0.2, 0.25) is 0 Å². The zero-order valence-electron chi connectivity index (χ0n) is 13.8. The summed E-state index contributed by atoms with van der Waals surface area (Å²) in [6.45, 7) is 1.61. The Hall–Kier alpha value is -2.53. The van der Waals surface area contributed by atoms with E-state index in [9.17, 15) is 9.90 Å². The number of carbonyl (C=O) groups is 1. The molecule has 128 valence electrons. The number of phenolic OH excluding ortho intramolecular Hbond substituents is 1. The van der Waals surface area contributed by atoms with Gasteiger partial charge in [0.1, 0.15) is 23.5 Å². The SMILES string of the molecule is O=C1N(C[C@H]2CCCO2)c2ccccc2C12COc1cc(O)ccc12. The summed E-state index contributed by atoms with van der Waals surface area (Å²) in [6.07, 6.45) is 2.12. The number of fused-ring (bicyclic) bond motifs is 4. The molecule has 3 aliphatic heterocycles. The van der Waals surface area contributed by atoms with E-state index in [0.29, 0.717) is 12.3 Å². The third-order valence-electron chi connectivity index (χ3n) is 5.54. The van der Waals surface area contributed by atoms with Gasteiger partial charge < -0.3 is 19.5 Å². The lowest BCUT2D eigenvalue weighted by atomic mass is 9.77. The number of phenols is 1. The Labute approximate surface area is 145 Å². The molecular weight excluding hydrogens is 318 g/mol. The van der Waals surface area contributed by atoms with Crippen molar-refractivity contribution in [1.29, 1.82) is 0 Å². The molecule has 25 heavy (non-hydrogen) atoms. The quantitative estimate of drug-likeness (QED) is 0.915. The first-order valence-electron chi connectivity index (χ1n) is 8.69. The summed E-state index contributed by atoms with van der Waals surface area (Å²) in [5.74, 6) is 0.765. The Morgan fingerprint density at radius 3 is 2.92 bits per heavy atom. The maximum Gasteiger partial charge on any atom is 0.245 e. The average molecular weight is 337 g/mol. The molecule has 1 fully saturated rings. The third-order valence-corrected chi connectivity index (χ3v) is 5.54. The molecule has 5 nitrogen and oxygen atoms in total. The van der Waals surface area contributed by atoms with Crippen molar-refractivity contribution in [2.45, 2.75) is 24.4 Å². The molecule has 1 N–H and O–H groups in total. The molecular formula is C20H19NO4. The van der Waals surface area contributed by atoms with Gasteiger partial charge in [-0.15, -0.1) is 0 Å². The molecule has 3 aliphatic rings. The van der Waals surface area contributed by atoms with Gasteiger partial charge in [0.15, 0.2) is 0 Å². The second-order valence-electron chi connectivity index (χ2n) is 6.94. The second kappa shape index (κ2) is 5.23. The van der Waals surface area contributed by atoms with Gasteiger partial charge in [0.25, 0.3) is 0 Å². The number of nitrogens with zero attached hydrogens (tertiary/aromatic N) is 1. The number of hydrogen-bond acceptors (Lipinski definition) is 4. The Balaban J connectivity index is 1.63. The van der Waals surface area contributed by atoms with Crippen molar-refractivity contribution in [3.63, 3.8) is 0 Å². The van der Waals surface area contributed by atoms with Crippen LogP contribution in [-0.4, -0.2) is 36.9 Å². The molecule has 2 aromatic carbocycles. The number of para-hydroxylation sites is 1. The summed E-state index contributed by atoms with van der Waals surface area (Å²) in [5.41, 5.74) is 1.92. The smallest absolute Gasteiger partial charge is 0.245 e. The molecule has 0 bridgehead atoms. The van der Waals surface area contributed by atoms with Gasteiger partial charge in [-0.05, 0) is 30.5 Å². The molecule has 1 amide bonds. The number of rotatable bonds is 2. The topological polar surface area (TPSA) is 59.0 Å². The largest absolute Gasteiger partial charge is 0.508 e. The number of carbonyl (C=O) groups excluding carboxylic acids is 1. The molecule has 1 spiro atoms. The van der Waals surface area contributed by atoms with Crippen molar-refractivity contribution < 1.29 is 19.4 Å². The van der Waals surface area contributed by atoms with Crippen LogP contribution in [-0.2, 0) is 14.9 Å². The van der Waals surface area contributed by atoms with Crippen molar-refractivity contribution in [3.8, 4) is 11.5 Å². The number of benzene rings is 2. The highest BCUT2D eigenvalue weighted by atomic mass is 16.5. The average Bonchev–Trinajstić information content (AvgIpc) is 3.31. The number of ether oxygens (including phenoxy) is 2. The number of aromatic hydroxyl groups is 1. The van der Waals surface area contributed by atoms with Crippen LogP contribution in [0.25, 0.3) is 0 Å². The van der Waals surface area contributed by atoms with Gasteiger partial charge in [-0.25, -0.2) is 0 Å². The lowest BCUT2D eigenvalue weighted by Crippen LogP contribution is -2.44. The van der Waals surface area contributed by atoms with Crippen LogP contribution in [0.15, 0.2) is 42.5 Å². The van der Waals surface area contributed by atoms with E-state index in [2.05, 4.69) is 0 Å². The molecule has 5 rings (SSSR count). The minimum atomic E-state index is -0.821. The Kier molecular flexibility index (Phi) is 3.09. The van der Waals surface area contributed by atoms with Gasteiger partial charge >= 0.3 is 0 Å². The highest BCUT2D eigenvalue weighted by Crippen LogP contribution is 2.52. The van der Waals surface area contributed by atoms with Gasteiger partial charge in [0.2, 0.25) is 5.91 Å². The molecule has 0 saturated carbocycles. The minimum absolute atomic E-state index is 0.0358. The summed E-state index contributed by atoms with van der Waals surface area (Å²) < 4.78 is 11.6. The number of hydrogen-bond donors (Lipinski definition) is 1. The monoisotopic (exact) mass is 337 g/mol. The summed E-state index contributed by atoms with van der Waals surface area (Å²) in [4.78, 5) is 15.4. The fourth-order valence-corrected chi connectivity index (χ4v) is 4.34. The van der Waals surface area contributed by atoms with E-state index in [1.165, 1.54) is 0 Å². The van der Waals surface area contributed by atoms with Crippen LogP contribution < -0.4 is 9.64 Å². The van der Waals surface area contributed by atoms with Crippen molar-refractivity contribution in [1.82, 2.24) is 0 Å². The maximum absolute atomic E-state index is 13.5. The summed E-state index contributed by atoms with van der Waals surface area (Å²) in [5, 5.41) is 9.74. The van der Waals surface area contributed by atoms with Crippen molar-refractivity contribution in [3.05, 3.63) is 53.6 Å². The number of amides is 1. The number of anilines is 1. The molecule has 2 aromatic rings. The van der Waals surface area contributed by atoms with Crippen LogP contribution in [0.4, 0.5) is 5.69 Å². The van der Waals surface area contributed by atoms with Gasteiger partial charge in [0, 0.05) is 23.9 Å². The predicted octanol–water partition coefficient (Wildman–Crippen LogP) is 2.60. The first-order chi connectivity index (χ1) is 12.2. The van der Waals surface area contributed by atoms with Gasteiger partial charge in [-0.1, -0.05) is 24.3 Å². The van der Waals surface area contributed by atoms with E-state index < -0.39 is 5.41 Å². The molecule has 0 radical (unpaired) electrons. The van der Waals surface area contributed by atoms with E-state index in [0.717, 1.165) is 36.3 Å². The zero-order valence-corrected chi connectivity index (χ0v) is 13.8. The van der Waals surface area contributed by atoms with Crippen LogP contribution in [0.5, 0.6) is 11.5 Å². The van der Waals surface area contributed by atoms with Crippen molar-refractivity contribution in [2.24, 2.45) is 0 Å². The normalized spacial score (nSPS) is 26.8. The highest BCUT2D eigenvalue weighted by Gasteiger charge is 2.57. The van der Waals surface area contributed by atoms with E-state index >= 15 is 0 Å². The van der Waals surface area contributed by atoms with Crippen LogP contribution in [0, 0.1) is 0 Å². The second-order valence-corrected chi connectivity index (χ2v) is 6.94. The predicted molar refractivity (Wildman–Crippen MR) is 92.2 cm³/mol. The Morgan fingerprint density at radius 1 is 1.20 bits per heavy atom. The van der Waals surface area contributed by atoms with E-state index in [-0.39, 0.29) is 24.4 Å². The molecule has 3 heterocycles. The van der Waals surface area contributed by atoms with Crippen LogP contribution in [0.1, 0.15) is 24.0 Å². The lowest BCUT2D eigenvalue weighted by Gasteiger charge is -2.24. The fourth-order valence-electron chi connectivity index (χ4n) is 4.34. The molecule has 0 aliphatic carbocycles. The van der Waals surface area contributed by atoms with E-state index in [4.69, 9.17) is 9.47 Å². The molecule has 1 unspecified atom stereocenters. The van der Waals surface area contributed by atoms with E-state index in [1.54, 1.807) is 12.1 Å². The highest BCUT2D eigenvalue weighted by molar-refractivity contribution is 6.11. The Morgan fingerprint density at radius 2 is 2.08 bits per heavy atom. The molecule has 2 atom stereocenters. The molecule has 0 aromatic heterocycles. The Bertz CT molecular complexity index is 859.